The summed E-state index contributed by atoms with van der Waals surface area (Å²) in [6.07, 6.45) is 1.13. The standard InChI is InChI=1S/C9H18N2O3/c10-9(12)7-14-4-2-11-5-8-1-3-13-6-8/h8,11H,1-7H2,(H2,10,12). The van der Waals surface area contributed by atoms with E-state index >= 15 is 0 Å². The van der Waals surface area contributed by atoms with E-state index in [4.69, 9.17) is 15.2 Å². The number of ether oxygens (including phenoxy) is 2. The van der Waals surface area contributed by atoms with Crippen LogP contribution in [0.2, 0.25) is 0 Å². The second-order valence-corrected chi connectivity index (χ2v) is 3.45. The Hall–Kier alpha value is -0.650. The molecule has 0 aromatic rings. The second-order valence-electron chi connectivity index (χ2n) is 3.45. The monoisotopic (exact) mass is 202 g/mol. The Morgan fingerprint density at radius 2 is 2.50 bits per heavy atom. The zero-order valence-corrected chi connectivity index (χ0v) is 8.33. The third-order valence-electron chi connectivity index (χ3n) is 2.12. The summed E-state index contributed by atoms with van der Waals surface area (Å²) >= 11 is 0. The van der Waals surface area contributed by atoms with Crippen molar-refractivity contribution in [1.29, 1.82) is 0 Å². The summed E-state index contributed by atoms with van der Waals surface area (Å²) in [6.45, 7) is 3.98. The molecule has 1 atom stereocenters. The van der Waals surface area contributed by atoms with Crippen LogP contribution in [-0.4, -0.2) is 45.4 Å². The molecule has 14 heavy (non-hydrogen) atoms. The van der Waals surface area contributed by atoms with Crippen molar-refractivity contribution < 1.29 is 14.3 Å². The third kappa shape index (κ3) is 5.16. The molecule has 3 N–H and O–H groups in total. The van der Waals surface area contributed by atoms with Crippen molar-refractivity contribution in [1.82, 2.24) is 5.32 Å². The lowest BCUT2D eigenvalue weighted by atomic mass is 10.1. The fourth-order valence-electron chi connectivity index (χ4n) is 1.37. The summed E-state index contributed by atoms with van der Waals surface area (Å²) in [4.78, 5) is 10.3. The summed E-state index contributed by atoms with van der Waals surface area (Å²) in [7, 11) is 0. The van der Waals surface area contributed by atoms with E-state index < -0.39 is 5.91 Å². The highest BCUT2D eigenvalue weighted by molar-refractivity contribution is 5.74. The number of nitrogens with one attached hydrogen (secondary N) is 1. The Morgan fingerprint density at radius 3 is 3.14 bits per heavy atom. The van der Waals surface area contributed by atoms with Crippen molar-refractivity contribution in [2.24, 2.45) is 11.7 Å². The van der Waals surface area contributed by atoms with Crippen LogP contribution in [0.15, 0.2) is 0 Å². The Bertz CT molecular complexity index is 169. The van der Waals surface area contributed by atoms with Gasteiger partial charge in [-0.3, -0.25) is 4.79 Å². The number of hydrogen-bond acceptors (Lipinski definition) is 4. The van der Waals surface area contributed by atoms with Gasteiger partial charge in [0, 0.05) is 19.7 Å². The average molecular weight is 202 g/mol. The summed E-state index contributed by atoms with van der Waals surface area (Å²) in [5, 5.41) is 3.24. The van der Waals surface area contributed by atoms with E-state index in [1.54, 1.807) is 0 Å². The van der Waals surface area contributed by atoms with Crippen molar-refractivity contribution >= 4 is 5.91 Å². The smallest absolute Gasteiger partial charge is 0.243 e. The van der Waals surface area contributed by atoms with Gasteiger partial charge in [0.2, 0.25) is 5.91 Å². The maximum atomic E-state index is 10.3. The Morgan fingerprint density at radius 1 is 1.64 bits per heavy atom. The summed E-state index contributed by atoms with van der Waals surface area (Å²) in [6, 6.07) is 0. The number of rotatable bonds is 7. The first-order valence-corrected chi connectivity index (χ1v) is 4.93. The van der Waals surface area contributed by atoms with Crippen molar-refractivity contribution in [2.75, 3.05) is 39.5 Å². The van der Waals surface area contributed by atoms with Crippen molar-refractivity contribution in [3.05, 3.63) is 0 Å². The van der Waals surface area contributed by atoms with E-state index in [9.17, 15) is 4.79 Å². The molecule has 1 saturated heterocycles. The zero-order chi connectivity index (χ0) is 10.2. The van der Waals surface area contributed by atoms with Gasteiger partial charge in [0.1, 0.15) is 6.61 Å². The lowest BCUT2D eigenvalue weighted by Crippen LogP contribution is -2.28. The van der Waals surface area contributed by atoms with Gasteiger partial charge in [0.15, 0.2) is 0 Å². The van der Waals surface area contributed by atoms with Crippen molar-refractivity contribution in [2.45, 2.75) is 6.42 Å². The predicted molar refractivity (Wildman–Crippen MR) is 51.8 cm³/mol. The first kappa shape index (κ1) is 11.4. The molecule has 0 aromatic carbocycles. The number of hydrogen-bond donors (Lipinski definition) is 2. The lowest BCUT2D eigenvalue weighted by Gasteiger charge is -2.08. The van der Waals surface area contributed by atoms with E-state index in [0.717, 1.165) is 32.7 Å². The van der Waals surface area contributed by atoms with Crippen LogP contribution in [0, 0.1) is 5.92 Å². The van der Waals surface area contributed by atoms with Gasteiger partial charge in [0.25, 0.3) is 0 Å². The van der Waals surface area contributed by atoms with E-state index in [2.05, 4.69) is 5.32 Å². The number of nitrogens with two attached hydrogens (primary N) is 1. The summed E-state index contributed by atoms with van der Waals surface area (Å²) in [5.41, 5.74) is 4.91. The highest BCUT2D eigenvalue weighted by Gasteiger charge is 2.14. The van der Waals surface area contributed by atoms with Crippen LogP contribution in [0.25, 0.3) is 0 Å². The molecule has 0 radical (unpaired) electrons. The maximum absolute atomic E-state index is 10.3. The molecule has 0 aliphatic carbocycles. The molecule has 1 unspecified atom stereocenters. The summed E-state index contributed by atoms with van der Waals surface area (Å²) in [5.74, 6) is 0.209. The number of amides is 1. The Labute approximate surface area is 83.9 Å². The maximum Gasteiger partial charge on any atom is 0.243 e. The fraction of sp³-hybridized carbons (Fsp3) is 0.889. The largest absolute Gasteiger partial charge is 0.381 e. The average Bonchev–Trinajstić information content (AvgIpc) is 2.63. The molecule has 5 heteroatoms. The van der Waals surface area contributed by atoms with Crippen molar-refractivity contribution in [3.8, 4) is 0 Å². The molecule has 0 aromatic heterocycles. The van der Waals surface area contributed by atoms with Crippen LogP contribution in [0.4, 0.5) is 0 Å². The molecule has 82 valence electrons. The molecule has 0 saturated carbocycles. The van der Waals surface area contributed by atoms with Gasteiger partial charge < -0.3 is 20.5 Å². The second kappa shape index (κ2) is 6.75. The summed E-state index contributed by atoms with van der Waals surface area (Å²) < 4.78 is 10.2. The normalized spacial score (nSPS) is 21.3. The topological polar surface area (TPSA) is 73.6 Å². The molecular weight excluding hydrogens is 184 g/mol. The van der Waals surface area contributed by atoms with Crippen LogP contribution in [0.3, 0.4) is 0 Å². The number of primary amides is 1. The van der Waals surface area contributed by atoms with E-state index in [-0.39, 0.29) is 6.61 Å². The van der Waals surface area contributed by atoms with Crippen LogP contribution in [0.5, 0.6) is 0 Å². The molecular formula is C9H18N2O3. The van der Waals surface area contributed by atoms with Crippen LogP contribution in [-0.2, 0) is 14.3 Å². The molecule has 1 fully saturated rings. The number of carbonyl (C=O) groups is 1. The van der Waals surface area contributed by atoms with Gasteiger partial charge in [-0.1, -0.05) is 0 Å². The van der Waals surface area contributed by atoms with E-state index in [0.29, 0.717) is 12.5 Å². The minimum atomic E-state index is -0.422. The Balaban J connectivity index is 1.82. The van der Waals surface area contributed by atoms with Gasteiger partial charge in [-0.25, -0.2) is 0 Å². The van der Waals surface area contributed by atoms with Gasteiger partial charge in [0.05, 0.1) is 13.2 Å². The van der Waals surface area contributed by atoms with E-state index in [1.807, 2.05) is 0 Å². The molecule has 0 bridgehead atoms. The third-order valence-corrected chi connectivity index (χ3v) is 2.12. The highest BCUT2D eigenvalue weighted by Crippen LogP contribution is 2.10. The van der Waals surface area contributed by atoms with Gasteiger partial charge in [-0.2, -0.15) is 0 Å². The van der Waals surface area contributed by atoms with Crippen LogP contribution in [0.1, 0.15) is 6.42 Å². The van der Waals surface area contributed by atoms with E-state index in [1.165, 1.54) is 0 Å². The minimum absolute atomic E-state index is 0.00815. The fourth-order valence-corrected chi connectivity index (χ4v) is 1.37. The molecule has 1 aliphatic heterocycles. The molecule has 1 rings (SSSR count). The Kier molecular flexibility index (Phi) is 5.51. The lowest BCUT2D eigenvalue weighted by molar-refractivity contribution is -0.122. The minimum Gasteiger partial charge on any atom is -0.381 e. The van der Waals surface area contributed by atoms with Gasteiger partial charge in [-0.05, 0) is 12.3 Å². The van der Waals surface area contributed by atoms with Crippen LogP contribution >= 0.6 is 0 Å². The van der Waals surface area contributed by atoms with Crippen molar-refractivity contribution in [3.63, 3.8) is 0 Å². The molecule has 0 spiro atoms. The molecule has 1 aliphatic rings. The first-order chi connectivity index (χ1) is 6.79. The molecule has 5 nitrogen and oxygen atoms in total. The predicted octanol–water partition coefficient (Wildman–Crippen LogP) is -0.886. The highest BCUT2D eigenvalue weighted by atomic mass is 16.5. The molecule has 1 amide bonds. The van der Waals surface area contributed by atoms with Crippen LogP contribution < -0.4 is 11.1 Å². The first-order valence-electron chi connectivity index (χ1n) is 4.93. The number of carbonyl (C=O) groups excluding carboxylic acids is 1. The zero-order valence-electron chi connectivity index (χ0n) is 8.33. The van der Waals surface area contributed by atoms with Gasteiger partial charge >= 0.3 is 0 Å². The SMILES string of the molecule is NC(=O)COCCNCC1CCOC1. The molecule has 1 heterocycles. The van der Waals surface area contributed by atoms with Gasteiger partial charge in [-0.15, -0.1) is 0 Å². The quantitative estimate of drug-likeness (QED) is 0.525.